The number of hydrogen-bond acceptors (Lipinski definition) is 2. The molecule has 2 aromatic rings. The Balaban J connectivity index is 2.37. The number of hydrogen-bond donors (Lipinski definition) is 1. The molecule has 0 bridgehead atoms. The van der Waals surface area contributed by atoms with Crippen LogP contribution in [-0.2, 0) is 6.42 Å². The van der Waals surface area contributed by atoms with E-state index in [-0.39, 0.29) is 5.88 Å². The lowest BCUT2D eigenvalue weighted by molar-refractivity contribution is 0.427. The van der Waals surface area contributed by atoms with Gasteiger partial charge in [-0.05, 0) is 31.9 Å². The van der Waals surface area contributed by atoms with Gasteiger partial charge in [0.05, 0.1) is 11.4 Å². The fourth-order valence-electron chi connectivity index (χ4n) is 1.94. The van der Waals surface area contributed by atoms with E-state index >= 15 is 0 Å². The first-order chi connectivity index (χ1) is 8.24. The van der Waals surface area contributed by atoms with Gasteiger partial charge in [-0.1, -0.05) is 31.5 Å². The highest BCUT2D eigenvalue weighted by Crippen LogP contribution is 2.25. The minimum Gasteiger partial charge on any atom is -0.493 e. The van der Waals surface area contributed by atoms with Crippen LogP contribution in [0, 0.1) is 6.92 Å². The molecular weight excluding hydrogens is 212 g/mol. The number of aromatic nitrogens is 2. The average molecular weight is 230 g/mol. The molecule has 0 saturated heterocycles. The first-order valence-electron chi connectivity index (χ1n) is 6.07. The van der Waals surface area contributed by atoms with Crippen molar-refractivity contribution in [1.82, 2.24) is 9.78 Å². The van der Waals surface area contributed by atoms with Crippen molar-refractivity contribution in [1.29, 1.82) is 0 Å². The molecule has 0 aliphatic carbocycles. The monoisotopic (exact) mass is 230 g/mol. The highest BCUT2D eigenvalue weighted by atomic mass is 16.3. The minimum absolute atomic E-state index is 0.280. The SMILES string of the molecule is CCCCc1c(C)nn(-c2ccccc2)c1O. The van der Waals surface area contributed by atoms with Gasteiger partial charge in [0.15, 0.2) is 0 Å². The molecule has 1 aromatic heterocycles. The molecule has 90 valence electrons. The third-order valence-corrected chi connectivity index (χ3v) is 2.94. The number of unbranched alkanes of at least 4 members (excludes halogenated alkanes) is 1. The summed E-state index contributed by atoms with van der Waals surface area (Å²) in [7, 11) is 0. The highest BCUT2D eigenvalue weighted by molar-refractivity contribution is 5.40. The molecule has 0 atom stereocenters. The highest BCUT2D eigenvalue weighted by Gasteiger charge is 2.14. The topological polar surface area (TPSA) is 38.0 Å². The van der Waals surface area contributed by atoms with Gasteiger partial charge in [0.1, 0.15) is 0 Å². The number of para-hydroxylation sites is 1. The summed E-state index contributed by atoms with van der Waals surface area (Å²) < 4.78 is 1.61. The fraction of sp³-hybridized carbons (Fsp3) is 0.357. The van der Waals surface area contributed by atoms with Crippen LogP contribution in [-0.4, -0.2) is 14.9 Å². The lowest BCUT2D eigenvalue weighted by atomic mass is 10.1. The molecule has 2 rings (SSSR count). The van der Waals surface area contributed by atoms with E-state index in [0.29, 0.717) is 0 Å². The number of rotatable bonds is 4. The zero-order valence-corrected chi connectivity index (χ0v) is 10.3. The van der Waals surface area contributed by atoms with Crippen molar-refractivity contribution in [2.45, 2.75) is 33.1 Å². The second kappa shape index (κ2) is 5.04. The Morgan fingerprint density at radius 3 is 2.59 bits per heavy atom. The minimum atomic E-state index is 0.280. The Bertz CT molecular complexity index is 488. The second-order valence-corrected chi connectivity index (χ2v) is 4.24. The van der Waals surface area contributed by atoms with Crippen molar-refractivity contribution in [3.8, 4) is 11.6 Å². The number of nitrogens with zero attached hydrogens (tertiary/aromatic N) is 2. The van der Waals surface area contributed by atoms with E-state index in [2.05, 4.69) is 12.0 Å². The summed E-state index contributed by atoms with van der Waals surface area (Å²) in [5.41, 5.74) is 2.78. The van der Waals surface area contributed by atoms with Crippen molar-refractivity contribution < 1.29 is 5.11 Å². The first-order valence-corrected chi connectivity index (χ1v) is 6.07. The van der Waals surface area contributed by atoms with E-state index in [1.807, 2.05) is 37.3 Å². The quantitative estimate of drug-likeness (QED) is 0.875. The average Bonchev–Trinajstić information content (AvgIpc) is 2.64. The van der Waals surface area contributed by atoms with E-state index in [9.17, 15) is 5.11 Å². The van der Waals surface area contributed by atoms with Crippen molar-refractivity contribution in [2.75, 3.05) is 0 Å². The molecule has 3 nitrogen and oxygen atoms in total. The van der Waals surface area contributed by atoms with Crippen LogP contribution in [0.25, 0.3) is 5.69 Å². The van der Waals surface area contributed by atoms with Gasteiger partial charge in [-0.25, -0.2) is 4.68 Å². The lowest BCUT2D eigenvalue weighted by Gasteiger charge is -2.03. The van der Waals surface area contributed by atoms with Crippen LogP contribution >= 0.6 is 0 Å². The van der Waals surface area contributed by atoms with Crippen LogP contribution in [0.1, 0.15) is 31.0 Å². The van der Waals surface area contributed by atoms with Gasteiger partial charge in [-0.3, -0.25) is 0 Å². The molecular formula is C14H18N2O. The summed E-state index contributed by atoms with van der Waals surface area (Å²) >= 11 is 0. The van der Waals surface area contributed by atoms with Gasteiger partial charge in [0, 0.05) is 5.56 Å². The van der Waals surface area contributed by atoms with Crippen LogP contribution in [0.2, 0.25) is 0 Å². The molecule has 0 radical (unpaired) electrons. The lowest BCUT2D eigenvalue weighted by Crippen LogP contribution is -1.95. The Hall–Kier alpha value is -1.77. The summed E-state index contributed by atoms with van der Waals surface area (Å²) in [6, 6.07) is 9.72. The number of aryl methyl sites for hydroxylation is 1. The van der Waals surface area contributed by atoms with Crippen LogP contribution in [0.5, 0.6) is 5.88 Å². The molecule has 0 amide bonds. The van der Waals surface area contributed by atoms with E-state index in [1.165, 1.54) is 0 Å². The van der Waals surface area contributed by atoms with E-state index < -0.39 is 0 Å². The van der Waals surface area contributed by atoms with Gasteiger partial charge >= 0.3 is 0 Å². The van der Waals surface area contributed by atoms with Crippen LogP contribution in [0.15, 0.2) is 30.3 Å². The maximum Gasteiger partial charge on any atom is 0.217 e. The molecule has 1 N–H and O–H groups in total. The molecule has 3 heteroatoms. The summed E-state index contributed by atoms with van der Waals surface area (Å²) in [5, 5.41) is 14.6. The zero-order chi connectivity index (χ0) is 12.3. The Morgan fingerprint density at radius 2 is 1.94 bits per heavy atom. The van der Waals surface area contributed by atoms with Gasteiger partial charge in [-0.15, -0.1) is 0 Å². The van der Waals surface area contributed by atoms with Crippen LogP contribution in [0.3, 0.4) is 0 Å². The van der Waals surface area contributed by atoms with Gasteiger partial charge < -0.3 is 5.11 Å². The van der Waals surface area contributed by atoms with Crippen molar-refractivity contribution in [2.24, 2.45) is 0 Å². The third kappa shape index (κ3) is 2.33. The van der Waals surface area contributed by atoms with Crippen LogP contribution in [0.4, 0.5) is 0 Å². The standard InChI is InChI=1S/C14H18N2O/c1-3-4-10-13-11(2)15-16(14(13)17)12-8-6-5-7-9-12/h5-9,17H,3-4,10H2,1-2H3. The van der Waals surface area contributed by atoms with E-state index in [1.54, 1.807) is 4.68 Å². The molecule has 0 aliphatic heterocycles. The second-order valence-electron chi connectivity index (χ2n) is 4.24. The molecule has 0 saturated carbocycles. The summed E-state index contributed by atoms with van der Waals surface area (Å²) in [5.74, 6) is 0.280. The molecule has 1 heterocycles. The van der Waals surface area contributed by atoms with E-state index in [4.69, 9.17) is 0 Å². The normalized spacial score (nSPS) is 10.7. The van der Waals surface area contributed by atoms with Gasteiger partial charge in [0.2, 0.25) is 5.88 Å². The molecule has 1 aromatic carbocycles. The maximum atomic E-state index is 10.2. The summed E-state index contributed by atoms with van der Waals surface area (Å²) in [4.78, 5) is 0. The predicted octanol–water partition coefficient (Wildman–Crippen LogP) is 3.23. The summed E-state index contributed by atoms with van der Waals surface area (Å²) in [6.45, 7) is 4.10. The zero-order valence-electron chi connectivity index (χ0n) is 10.3. The predicted molar refractivity (Wildman–Crippen MR) is 68.6 cm³/mol. The number of benzene rings is 1. The van der Waals surface area contributed by atoms with Crippen molar-refractivity contribution in [3.63, 3.8) is 0 Å². The molecule has 17 heavy (non-hydrogen) atoms. The van der Waals surface area contributed by atoms with Crippen LogP contribution < -0.4 is 0 Å². The molecule has 0 aliphatic rings. The van der Waals surface area contributed by atoms with Gasteiger partial charge in [0.25, 0.3) is 0 Å². The largest absolute Gasteiger partial charge is 0.493 e. The number of aromatic hydroxyl groups is 1. The third-order valence-electron chi connectivity index (χ3n) is 2.94. The van der Waals surface area contributed by atoms with Crippen molar-refractivity contribution >= 4 is 0 Å². The van der Waals surface area contributed by atoms with Crippen molar-refractivity contribution in [3.05, 3.63) is 41.6 Å². The van der Waals surface area contributed by atoms with E-state index in [0.717, 1.165) is 36.2 Å². The molecule has 0 spiro atoms. The smallest absolute Gasteiger partial charge is 0.217 e. The Morgan fingerprint density at radius 1 is 1.24 bits per heavy atom. The first kappa shape index (κ1) is 11.7. The molecule has 0 unspecified atom stereocenters. The summed E-state index contributed by atoms with van der Waals surface area (Å²) in [6.07, 6.45) is 3.09. The molecule has 0 fully saturated rings. The maximum absolute atomic E-state index is 10.2. The van der Waals surface area contributed by atoms with Gasteiger partial charge in [-0.2, -0.15) is 5.10 Å². The Labute approximate surface area is 102 Å². The fourth-order valence-corrected chi connectivity index (χ4v) is 1.94. The Kier molecular flexibility index (Phi) is 3.47.